The zero-order valence-corrected chi connectivity index (χ0v) is 11.3. The lowest BCUT2D eigenvalue weighted by Gasteiger charge is -2.55. The first kappa shape index (κ1) is 11.3. The summed E-state index contributed by atoms with van der Waals surface area (Å²) in [4.78, 5) is 12.7. The van der Waals surface area contributed by atoms with E-state index in [1.165, 1.54) is 64.2 Å². The van der Waals surface area contributed by atoms with E-state index >= 15 is 0 Å². The van der Waals surface area contributed by atoms with Crippen molar-refractivity contribution in [3.05, 3.63) is 0 Å². The fraction of sp³-hybridized carbons (Fsp3) is 0.938. The molecule has 1 N–H and O–H groups in total. The van der Waals surface area contributed by atoms with Crippen LogP contribution in [0.2, 0.25) is 0 Å². The van der Waals surface area contributed by atoms with Crippen LogP contribution in [0.5, 0.6) is 0 Å². The van der Waals surface area contributed by atoms with E-state index in [9.17, 15) is 4.79 Å². The third-order valence-electron chi connectivity index (χ3n) is 6.21. The maximum atomic E-state index is 12.7. The molecule has 5 aliphatic carbocycles. The molecule has 4 bridgehead atoms. The van der Waals surface area contributed by atoms with Gasteiger partial charge in [-0.15, -0.1) is 0 Å². The van der Waals surface area contributed by atoms with E-state index in [4.69, 9.17) is 0 Å². The van der Waals surface area contributed by atoms with Gasteiger partial charge in [0.25, 0.3) is 0 Å². The maximum Gasteiger partial charge on any atom is 0.226 e. The summed E-state index contributed by atoms with van der Waals surface area (Å²) in [6.07, 6.45) is 13.0. The van der Waals surface area contributed by atoms with Crippen molar-refractivity contribution in [3.8, 4) is 0 Å². The SMILES string of the molecule is O=C(NC1CCCC1)C12CC3CC(CC(C3)C1)C2. The molecule has 5 aliphatic rings. The molecule has 0 aliphatic heterocycles. The number of hydrogen-bond donors (Lipinski definition) is 1. The Hall–Kier alpha value is -0.530. The number of carbonyl (C=O) groups is 1. The van der Waals surface area contributed by atoms with Gasteiger partial charge in [0.05, 0.1) is 0 Å². The molecular formula is C16H25NO. The Morgan fingerprint density at radius 1 is 0.889 bits per heavy atom. The molecule has 1 amide bonds. The Kier molecular flexibility index (Phi) is 2.50. The summed E-state index contributed by atoms with van der Waals surface area (Å²) in [5.74, 6) is 3.08. The van der Waals surface area contributed by atoms with Gasteiger partial charge in [0, 0.05) is 11.5 Å². The number of rotatable bonds is 2. The topological polar surface area (TPSA) is 29.1 Å². The fourth-order valence-electron chi connectivity index (χ4n) is 5.80. The minimum absolute atomic E-state index is 0.0668. The van der Waals surface area contributed by atoms with Crippen molar-refractivity contribution in [2.24, 2.45) is 23.2 Å². The minimum atomic E-state index is 0.0668. The van der Waals surface area contributed by atoms with Gasteiger partial charge in [-0.2, -0.15) is 0 Å². The molecule has 0 saturated heterocycles. The highest BCUT2D eigenvalue weighted by Crippen LogP contribution is 2.60. The Labute approximate surface area is 110 Å². The monoisotopic (exact) mass is 247 g/mol. The molecule has 0 unspecified atom stereocenters. The largest absolute Gasteiger partial charge is 0.353 e. The first-order valence-electron chi connectivity index (χ1n) is 8.04. The number of carbonyl (C=O) groups excluding carboxylic acids is 1. The van der Waals surface area contributed by atoms with Crippen LogP contribution in [0, 0.1) is 23.2 Å². The highest BCUT2D eigenvalue weighted by molar-refractivity contribution is 5.83. The van der Waals surface area contributed by atoms with Crippen LogP contribution in [0.15, 0.2) is 0 Å². The molecule has 18 heavy (non-hydrogen) atoms. The van der Waals surface area contributed by atoms with Crippen LogP contribution in [0.1, 0.15) is 64.2 Å². The molecule has 100 valence electrons. The Balaban J connectivity index is 1.50. The summed E-state index contributed by atoms with van der Waals surface area (Å²) in [7, 11) is 0. The standard InChI is InChI=1S/C16H25NO/c18-15(17-14-3-1-2-4-14)16-8-11-5-12(9-16)7-13(6-11)10-16/h11-14H,1-10H2,(H,17,18). The molecule has 0 heterocycles. The summed E-state index contributed by atoms with van der Waals surface area (Å²) in [5, 5.41) is 3.40. The van der Waals surface area contributed by atoms with Crippen LogP contribution in [-0.2, 0) is 4.79 Å². The van der Waals surface area contributed by atoms with Crippen molar-refractivity contribution in [2.45, 2.75) is 70.3 Å². The lowest BCUT2D eigenvalue weighted by atomic mass is 9.49. The average molecular weight is 247 g/mol. The first-order chi connectivity index (χ1) is 8.73. The number of amides is 1. The molecule has 0 atom stereocenters. The second-order valence-electron chi connectivity index (χ2n) is 7.65. The zero-order valence-electron chi connectivity index (χ0n) is 11.3. The molecule has 5 fully saturated rings. The summed E-state index contributed by atoms with van der Waals surface area (Å²) in [6, 6.07) is 0.505. The van der Waals surface area contributed by atoms with Crippen molar-refractivity contribution in [3.63, 3.8) is 0 Å². The molecule has 0 aromatic carbocycles. The zero-order chi connectivity index (χ0) is 12.2. The van der Waals surface area contributed by atoms with E-state index in [1.54, 1.807) is 0 Å². The Morgan fingerprint density at radius 2 is 1.39 bits per heavy atom. The van der Waals surface area contributed by atoms with Gasteiger partial charge in [0.1, 0.15) is 0 Å². The van der Waals surface area contributed by atoms with Gasteiger partial charge in [0.15, 0.2) is 0 Å². The smallest absolute Gasteiger partial charge is 0.226 e. The molecule has 5 saturated carbocycles. The molecule has 0 aromatic rings. The lowest BCUT2D eigenvalue weighted by molar-refractivity contribution is -0.147. The van der Waals surface area contributed by atoms with Gasteiger partial charge in [-0.05, 0) is 69.1 Å². The van der Waals surface area contributed by atoms with Crippen LogP contribution in [0.4, 0.5) is 0 Å². The van der Waals surface area contributed by atoms with Crippen LogP contribution in [-0.4, -0.2) is 11.9 Å². The fourth-order valence-corrected chi connectivity index (χ4v) is 5.80. The number of nitrogens with one attached hydrogen (secondary N) is 1. The van der Waals surface area contributed by atoms with Gasteiger partial charge < -0.3 is 5.32 Å². The third-order valence-corrected chi connectivity index (χ3v) is 6.21. The average Bonchev–Trinajstić information content (AvgIpc) is 2.79. The van der Waals surface area contributed by atoms with E-state index in [2.05, 4.69) is 5.32 Å². The molecule has 5 rings (SSSR count). The van der Waals surface area contributed by atoms with Crippen molar-refractivity contribution in [2.75, 3.05) is 0 Å². The molecule has 0 aromatic heterocycles. The van der Waals surface area contributed by atoms with Crippen LogP contribution >= 0.6 is 0 Å². The normalized spacial score (nSPS) is 46.6. The van der Waals surface area contributed by atoms with Crippen molar-refractivity contribution < 1.29 is 4.79 Å². The second-order valence-corrected chi connectivity index (χ2v) is 7.65. The Morgan fingerprint density at radius 3 is 1.89 bits per heavy atom. The van der Waals surface area contributed by atoms with E-state index in [0.717, 1.165) is 17.8 Å². The first-order valence-corrected chi connectivity index (χ1v) is 8.04. The van der Waals surface area contributed by atoms with Gasteiger partial charge in [0.2, 0.25) is 5.91 Å². The molecule has 0 spiro atoms. The lowest BCUT2D eigenvalue weighted by Crippen LogP contribution is -2.54. The molecular weight excluding hydrogens is 222 g/mol. The van der Waals surface area contributed by atoms with Crippen LogP contribution in [0.25, 0.3) is 0 Å². The van der Waals surface area contributed by atoms with Gasteiger partial charge in [-0.25, -0.2) is 0 Å². The molecule has 2 heteroatoms. The van der Waals surface area contributed by atoms with Gasteiger partial charge in [-0.1, -0.05) is 12.8 Å². The third kappa shape index (κ3) is 1.71. The predicted molar refractivity (Wildman–Crippen MR) is 71.0 cm³/mol. The summed E-state index contributed by atoms with van der Waals surface area (Å²) >= 11 is 0. The van der Waals surface area contributed by atoms with Crippen LogP contribution < -0.4 is 5.32 Å². The van der Waals surface area contributed by atoms with E-state index in [-0.39, 0.29) is 5.41 Å². The summed E-state index contributed by atoms with van der Waals surface area (Å²) < 4.78 is 0. The van der Waals surface area contributed by atoms with Crippen molar-refractivity contribution in [1.82, 2.24) is 5.32 Å². The van der Waals surface area contributed by atoms with Crippen LogP contribution in [0.3, 0.4) is 0 Å². The van der Waals surface area contributed by atoms with E-state index < -0.39 is 0 Å². The predicted octanol–water partition coefficient (Wildman–Crippen LogP) is 3.26. The molecule has 0 radical (unpaired) electrons. The van der Waals surface area contributed by atoms with E-state index in [1.807, 2.05) is 0 Å². The van der Waals surface area contributed by atoms with Crippen molar-refractivity contribution >= 4 is 5.91 Å². The second kappa shape index (κ2) is 3.98. The van der Waals surface area contributed by atoms with E-state index in [0.29, 0.717) is 11.9 Å². The molecule has 2 nitrogen and oxygen atoms in total. The van der Waals surface area contributed by atoms with Crippen molar-refractivity contribution in [1.29, 1.82) is 0 Å². The minimum Gasteiger partial charge on any atom is -0.353 e. The quantitative estimate of drug-likeness (QED) is 0.797. The maximum absolute atomic E-state index is 12.7. The highest BCUT2D eigenvalue weighted by atomic mass is 16.2. The Bertz CT molecular complexity index is 321. The summed E-state index contributed by atoms with van der Waals surface area (Å²) in [5.41, 5.74) is 0.0668. The summed E-state index contributed by atoms with van der Waals surface area (Å²) in [6.45, 7) is 0. The number of hydrogen-bond acceptors (Lipinski definition) is 1. The van der Waals surface area contributed by atoms with Gasteiger partial charge in [-0.3, -0.25) is 4.79 Å². The highest BCUT2D eigenvalue weighted by Gasteiger charge is 2.54. The van der Waals surface area contributed by atoms with Gasteiger partial charge >= 0.3 is 0 Å².